The zero-order valence-corrected chi connectivity index (χ0v) is 32.6. The van der Waals surface area contributed by atoms with Crippen molar-refractivity contribution < 1.29 is 0 Å². The molecule has 0 amide bonds. The number of para-hydroxylation sites is 3. The number of hydrogen-bond donors (Lipinski definition) is 0. The highest BCUT2D eigenvalue weighted by molar-refractivity contribution is 7.33. The molecule has 7 aromatic carbocycles. The number of fused-ring (bicyclic) bond motifs is 14. The number of aryl methyl sites for hydroxylation is 1. The third-order valence-corrected chi connectivity index (χ3v) is 14.8. The maximum atomic E-state index is 2.63. The largest absolute Gasteiger partial charge is 0.310 e. The lowest BCUT2D eigenvalue weighted by Gasteiger charge is -2.45. The van der Waals surface area contributed by atoms with E-state index in [1.54, 1.807) is 0 Å². The van der Waals surface area contributed by atoms with Crippen molar-refractivity contribution in [2.45, 2.75) is 33.1 Å². The number of hydrogen-bond acceptors (Lipinski definition) is 4. The molecule has 0 atom stereocenters. The number of benzene rings is 7. The molecule has 0 radical (unpaired) electrons. The molecule has 0 bridgehead atoms. The number of aromatic nitrogens is 1. The highest BCUT2D eigenvalue weighted by Gasteiger charge is 2.47. The Hall–Kier alpha value is -5.82. The Balaban J connectivity index is 1.18. The van der Waals surface area contributed by atoms with Crippen molar-refractivity contribution in [3.8, 4) is 5.69 Å². The van der Waals surface area contributed by atoms with Gasteiger partial charge in [0.05, 0.1) is 33.8 Å². The molecule has 0 saturated carbocycles. The first kappa shape index (κ1) is 30.5. The van der Waals surface area contributed by atoms with Crippen LogP contribution in [0.15, 0.2) is 133 Å². The third kappa shape index (κ3) is 3.81. The molecule has 3 aliphatic heterocycles. The van der Waals surface area contributed by atoms with Crippen molar-refractivity contribution in [2.24, 2.45) is 0 Å². The third-order valence-electron chi connectivity index (χ3n) is 12.4. The van der Waals surface area contributed by atoms with Gasteiger partial charge in [-0.05, 0) is 101 Å². The fraction of sp³-hybridized carbons (Fsp3) is 0.102. The fourth-order valence-corrected chi connectivity index (χ4v) is 12.5. The lowest BCUT2D eigenvalue weighted by molar-refractivity contribution is 0.591. The lowest BCUT2D eigenvalue weighted by Crippen LogP contribution is -2.61. The fourth-order valence-electron chi connectivity index (χ4n) is 10.1. The molecule has 0 saturated heterocycles. The van der Waals surface area contributed by atoms with Gasteiger partial charge in [-0.25, -0.2) is 0 Å². The topological polar surface area (TPSA) is 11.4 Å². The first-order chi connectivity index (χ1) is 26.8. The molecule has 3 nitrogen and oxygen atoms in total. The average Bonchev–Trinajstić information content (AvgIpc) is 3.87. The van der Waals surface area contributed by atoms with Crippen molar-refractivity contribution in [2.75, 3.05) is 9.80 Å². The summed E-state index contributed by atoms with van der Waals surface area (Å²) < 4.78 is 7.96. The molecule has 6 heterocycles. The summed E-state index contributed by atoms with van der Waals surface area (Å²) >= 11 is 3.87. The molecule has 0 aliphatic carbocycles. The van der Waals surface area contributed by atoms with Crippen LogP contribution in [-0.4, -0.2) is 11.3 Å². The Morgan fingerprint density at radius 3 is 2.11 bits per heavy atom. The van der Waals surface area contributed by atoms with E-state index in [9.17, 15) is 0 Å². The number of rotatable bonds is 1. The van der Waals surface area contributed by atoms with Gasteiger partial charge in [-0.3, -0.25) is 0 Å². The minimum atomic E-state index is 0.0286. The second-order valence-electron chi connectivity index (χ2n) is 16.6. The van der Waals surface area contributed by atoms with Crippen molar-refractivity contribution in [1.29, 1.82) is 0 Å². The van der Waals surface area contributed by atoms with E-state index in [2.05, 4.69) is 176 Å². The Bertz CT molecular complexity index is 3360. The van der Waals surface area contributed by atoms with Crippen LogP contribution in [-0.2, 0) is 5.41 Å². The van der Waals surface area contributed by atoms with E-state index in [-0.39, 0.29) is 12.1 Å². The number of nitrogens with zero attached hydrogens (tertiary/aromatic N) is 3. The molecule has 260 valence electrons. The first-order valence-electron chi connectivity index (χ1n) is 19.2. The predicted octanol–water partition coefficient (Wildman–Crippen LogP) is 12.4. The molecule has 0 spiro atoms. The molecular weight excluding hydrogens is 706 g/mol. The standard InChI is InChI=1S/C49H34BN3S2/c1-27-23-39-44-40(24-27)53-37-16-9-13-32-30-11-5-7-15-36(30)52(45(32)37)38-17-10-14-35(47(38)53)50(44)48-46(34-25-28(49(2,3)4)19-21-43(34)55-48)51(39)29-20-22-42-33(26-29)31-12-6-8-18-41(31)54-42/h5-26H,1-4H3. The van der Waals surface area contributed by atoms with Crippen molar-refractivity contribution in [3.63, 3.8) is 0 Å². The van der Waals surface area contributed by atoms with Crippen LogP contribution >= 0.6 is 22.7 Å². The first-order valence-corrected chi connectivity index (χ1v) is 20.9. The van der Waals surface area contributed by atoms with E-state index in [4.69, 9.17) is 0 Å². The summed E-state index contributed by atoms with van der Waals surface area (Å²) in [6, 6.07) is 51.0. The SMILES string of the molecule is Cc1cc2c3c(c1)N1c4c(cccc4-n4c5ccccc5c5cccc1c54)B3c1sc3ccc(C(C)(C)C)cc3c1N2c1ccc2sc3ccccc3c2c1. The summed E-state index contributed by atoms with van der Waals surface area (Å²) in [4.78, 5) is 5.24. The van der Waals surface area contributed by atoms with Crippen LogP contribution in [0.4, 0.5) is 34.1 Å². The van der Waals surface area contributed by atoms with Crippen LogP contribution in [0.3, 0.4) is 0 Å². The molecule has 13 rings (SSSR count). The second-order valence-corrected chi connectivity index (χ2v) is 18.8. The molecule has 0 N–H and O–H groups in total. The number of thiophene rings is 2. The van der Waals surface area contributed by atoms with Crippen molar-refractivity contribution in [3.05, 3.63) is 145 Å². The van der Waals surface area contributed by atoms with E-state index in [0.29, 0.717) is 0 Å². The summed E-state index contributed by atoms with van der Waals surface area (Å²) in [5.74, 6) is 0. The Morgan fingerprint density at radius 2 is 1.24 bits per heavy atom. The molecule has 10 aromatic rings. The van der Waals surface area contributed by atoms with E-state index in [1.807, 2.05) is 22.7 Å². The van der Waals surface area contributed by atoms with Gasteiger partial charge >= 0.3 is 0 Å². The van der Waals surface area contributed by atoms with Gasteiger partial charge < -0.3 is 14.4 Å². The molecule has 0 unspecified atom stereocenters. The van der Waals surface area contributed by atoms with Crippen LogP contribution in [0.25, 0.3) is 57.8 Å². The molecule has 3 aromatic heterocycles. The van der Waals surface area contributed by atoms with E-state index >= 15 is 0 Å². The second kappa shape index (κ2) is 10.3. The molecule has 55 heavy (non-hydrogen) atoms. The lowest BCUT2D eigenvalue weighted by atomic mass is 9.36. The normalized spacial score (nSPS) is 14.1. The molecular formula is C49H34BN3S2. The molecule has 6 heteroatoms. The Morgan fingerprint density at radius 1 is 0.527 bits per heavy atom. The predicted molar refractivity (Wildman–Crippen MR) is 240 cm³/mol. The van der Waals surface area contributed by atoms with Gasteiger partial charge in [0.2, 0.25) is 0 Å². The zero-order chi connectivity index (χ0) is 36.5. The van der Waals surface area contributed by atoms with Gasteiger partial charge in [0.15, 0.2) is 0 Å². The summed E-state index contributed by atoms with van der Waals surface area (Å²) in [7, 11) is 0. The van der Waals surface area contributed by atoms with Crippen molar-refractivity contribution >= 4 is 131 Å². The van der Waals surface area contributed by atoms with Gasteiger partial charge in [-0.15, -0.1) is 22.7 Å². The van der Waals surface area contributed by atoms with Crippen molar-refractivity contribution in [1.82, 2.24) is 4.57 Å². The summed E-state index contributed by atoms with van der Waals surface area (Å²) in [5.41, 5.74) is 16.9. The Labute approximate surface area is 327 Å². The minimum absolute atomic E-state index is 0.0286. The summed E-state index contributed by atoms with van der Waals surface area (Å²) in [6.45, 7) is 9.36. The van der Waals surface area contributed by atoms with Gasteiger partial charge in [0.25, 0.3) is 6.71 Å². The zero-order valence-electron chi connectivity index (χ0n) is 30.9. The van der Waals surface area contributed by atoms with Crippen LogP contribution in [0, 0.1) is 6.92 Å². The van der Waals surface area contributed by atoms with Gasteiger partial charge in [0, 0.05) is 62.9 Å². The highest BCUT2D eigenvalue weighted by Crippen LogP contribution is 2.54. The van der Waals surface area contributed by atoms with Crippen LogP contribution in [0.1, 0.15) is 31.9 Å². The smallest absolute Gasteiger partial charge is 0.264 e. The highest BCUT2D eigenvalue weighted by atomic mass is 32.1. The summed E-state index contributed by atoms with van der Waals surface area (Å²) in [5, 5.41) is 6.59. The number of anilines is 6. The maximum Gasteiger partial charge on any atom is 0.264 e. The van der Waals surface area contributed by atoms with Gasteiger partial charge in [0.1, 0.15) is 0 Å². The van der Waals surface area contributed by atoms with E-state index in [1.165, 1.54) is 119 Å². The summed E-state index contributed by atoms with van der Waals surface area (Å²) in [6.07, 6.45) is 0. The van der Waals surface area contributed by atoms with Gasteiger partial charge in [-0.2, -0.15) is 0 Å². The van der Waals surface area contributed by atoms with Crippen LogP contribution in [0.5, 0.6) is 0 Å². The van der Waals surface area contributed by atoms with Crippen LogP contribution in [0.2, 0.25) is 0 Å². The minimum Gasteiger partial charge on any atom is -0.310 e. The van der Waals surface area contributed by atoms with Gasteiger partial charge in [-0.1, -0.05) is 87.5 Å². The Kier molecular flexibility index (Phi) is 5.70. The molecule has 3 aliphatic rings. The van der Waals surface area contributed by atoms with Crippen LogP contribution < -0.4 is 25.5 Å². The van der Waals surface area contributed by atoms with E-state index in [0.717, 1.165) is 0 Å². The van der Waals surface area contributed by atoms with E-state index < -0.39 is 0 Å². The molecule has 0 fully saturated rings. The average molecular weight is 740 g/mol. The monoisotopic (exact) mass is 739 g/mol. The maximum absolute atomic E-state index is 2.63. The quantitative estimate of drug-likeness (QED) is 0.155.